The lowest BCUT2D eigenvalue weighted by atomic mass is 10.2. The fourth-order valence-electron chi connectivity index (χ4n) is 2.02. The van der Waals surface area contributed by atoms with Crippen molar-refractivity contribution in [2.24, 2.45) is 0 Å². The van der Waals surface area contributed by atoms with E-state index in [1.165, 1.54) is 0 Å². The van der Waals surface area contributed by atoms with Gasteiger partial charge in [0.25, 0.3) is 0 Å². The van der Waals surface area contributed by atoms with Gasteiger partial charge in [-0.05, 0) is 37.5 Å². The number of halogens is 2. The predicted octanol–water partition coefficient (Wildman–Crippen LogP) is 3.03. The number of hydrogen-bond donors (Lipinski definition) is 3. The molecule has 2 atom stereocenters. The van der Waals surface area contributed by atoms with E-state index in [2.05, 4.69) is 10.6 Å². The van der Waals surface area contributed by atoms with Gasteiger partial charge in [0, 0.05) is 5.69 Å². The first-order chi connectivity index (χ1) is 8.56. The number of carbonyl (C=O) groups excluding carboxylic acids is 1. The smallest absolute Gasteiger partial charge is 0.319 e. The van der Waals surface area contributed by atoms with Crippen molar-refractivity contribution in [1.82, 2.24) is 5.32 Å². The summed E-state index contributed by atoms with van der Waals surface area (Å²) in [5.41, 5.74) is 0.564. The molecule has 3 N–H and O–H groups in total. The summed E-state index contributed by atoms with van der Waals surface area (Å²) in [6.07, 6.45) is 2.01. The lowest BCUT2D eigenvalue weighted by Crippen LogP contribution is -2.42. The Labute approximate surface area is 115 Å². The van der Waals surface area contributed by atoms with Crippen LogP contribution in [0.4, 0.5) is 10.5 Å². The zero-order valence-corrected chi connectivity index (χ0v) is 11.1. The Balaban J connectivity index is 1.92. The standard InChI is InChI=1S/C12H14Cl2N2O2/c13-8-5-4-7(6-9(8)14)15-12(18)16-10-2-1-3-11(10)17/h4-6,10-11,17H,1-3H2,(H2,15,16,18). The summed E-state index contributed by atoms with van der Waals surface area (Å²) < 4.78 is 0. The summed E-state index contributed by atoms with van der Waals surface area (Å²) in [5, 5.41) is 15.8. The molecule has 1 saturated carbocycles. The number of anilines is 1. The van der Waals surface area contributed by atoms with Gasteiger partial charge in [-0.15, -0.1) is 0 Å². The number of carbonyl (C=O) groups is 1. The number of benzene rings is 1. The van der Waals surface area contributed by atoms with Gasteiger partial charge in [0.15, 0.2) is 0 Å². The van der Waals surface area contributed by atoms with Gasteiger partial charge in [0.05, 0.1) is 22.2 Å². The first-order valence-electron chi connectivity index (χ1n) is 5.77. The second kappa shape index (κ2) is 5.78. The second-order valence-electron chi connectivity index (χ2n) is 4.33. The Morgan fingerprint density at radius 3 is 2.67 bits per heavy atom. The van der Waals surface area contributed by atoms with Gasteiger partial charge in [-0.25, -0.2) is 4.79 Å². The van der Waals surface area contributed by atoms with E-state index in [4.69, 9.17) is 23.2 Å². The van der Waals surface area contributed by atoms with E-state index in [-0.39, 0.29) is 12.1 Å². The number of rotatable bonds is 2. The van der Waals surface area contributed by atoms with E-state index >= 15 is 0 Å². The van der Waals surface area contributed by atoms with Gasteiger partial charge >= 0.3 is 6.03 Å². The number of aliphatic hydroxyl groups is 1. The third-order valence-corrected chi connectivity index (χ3v) is 3.71. The highest BCUT2D eigenvalue weighted by molar-refractivity contribution is 6.42. The first-order valence-corrected chi connectivity index (χ1v) is 6.52. The molecule has 1 aromatic carbocycles. The summed E-state index contributed by atoms with van der Waals surface area (Å²) in [7, 11) is 0. The molecule has 1 aromatic rings. The Hall–Kier alpha value is -0.970. The van der Waals surface area contributed by atoms with Crippen molar-refractivity contribution in [2.45, 2.75) is 31.4 Å². The third kappa shape index (κ3) is 3.28. The van der Waals surface area contributed by atoms with E-state index in [0.29, 0.717) is 15.7 Å². The second-order valence-corrected chi connectivity index (χ2v) is 5.15. The zero-order valence-electron chi connectivity index (χ0n) is 9.62. The Morgan fingerprint density at radius 1 is 1.28 bits per heavy atom. The van der Waals surface area contributed by atoms with Gasteiger partial charge in [-0.3, -0.25) is 0 Å². The monoisotopic (exact) mass is 288 g/mol. The van der Waals surface area contributed by atoms with Crippen LogP contribution in [0.5, 0.6) is 0 Å². The molecule has 4 nitrogen and oxygen atoms in total. The van der Waals surface area contributed by atoms with E-state index in [0.717, 1.165) is 19.3 Å². The van der Waals surface area contributed by atoms with Gasteiger partial charge in [-0.1, -0.05) is 23.2 Å². The van der Waals surface area contributed by atoms with E-state index < -0.39 is 6.10 Å². The van der Waals surface area contributed by atoms with Crippen LogP contribution in [0, 0.1) is 0 Å². The molecule has 0 heterocycles. The van der Waals surface area contributed by atoms with Crippen molar-refractivity contribution in [3.8, 4) is 0 Å². The third-order valence-electron chi connectivity index (χ3n) is 2.97. The molecule has 2 unspecified atom stereocenters. The van der Waals surface area contributed by atoms with Gasteiger partial charge < -0.3 is 15.7 Å². The van der Waals surface area contributed by atoms with Crippen LogP contribution in [0.3, 0.4) is 0 Å². The zero-order chi connectivity index (χ0) is 13.1. The Bertz CT molecular complexity index is 454. The number of hydrogen-bond acceptors (Lipinski definition) is 2. The van der Waals surface area contributed by atoms with Crippen molar-refractivity contribution in [3.63, 3.8) is 0 Å². The largest absolute Gasteiger partial charge is 0.391 e. The molecule has 2 amide bonds. The lowest BCUT2D eigenvalue weighted by Gasteiger charge is -2.17. The average Bonchev–Trinajstić information content (AvgIpc) is 2.70. The fraction of sp³-hybridized carbons (Fsp3) is 0.417. The van der Waals surface area contributed by atoms with Gasteiger partial charge in [0.1, 0.15) is 0 Å². The quantitative estimate of drug-likeness (QED) is 0.783. The summed E-state index contributed by atoms with van der Waals surface area (Å²) in [4.78, 5) is 11.7. The highest BCUT2D eigenvalue weighted by Gasteiger charge is 2.26. The molecule has 2 rings (SSSR count). The minimum Gasteiger partial charge on any atom is -0.391 e. The van der Waals surface area contributed by atoms with Crippen LogP contribution in [0.25, 0.3) is 0 Å². The maximum Gasteiger partial charge on any atom is 0.319 e. The summed E-state index contributed by atoms with van der Waals surface area (Å²) in [6, 6.07) is 4.34. The van der Waals surface area contributed by atoms with Crippen molar-refractivity contribution < 1.29 is 9.90 Å². The van der Waals surface area contributed by atoms with Crippen molar-refractivity contribution >= 4 is 34.9 Å². The summed E-state index contributed by atoms with van der Waals surface area (Å²) in [5.74, 6) is 0. The van der Waals surface area contributed by atoms with Crippen molar-refractivity contribution in [3.05, 3.63) is 28.2 Å². The highest BCUT2D eigenvalue weighted by Crippen LogP contribution is 2.25. The number of aliphatic hydroxyl groups excluding tert-OH is 1. The Kier molecular flexibility index (Phi) is 4.32. The molecule has 0 spiro atoms. The highest BCUT2D eigenvalue weighted by atomic mass is 35.5. The maximum absolute atomic E-state index is 11.7. The molecular formula is C12H14Cl2N2O2. The first kappa shape index (κ1) is 13.5. The molecule has 0 bridgehead atoms. The number of nitrogens with one attached hydrogen (secondary N) is 2. The van der Waals surface area contributed by atoms with Crippen LogP contribution < -0.4 is 10.6 Å². The normalized spacial score (nSPS) is 22.8. The Morgan fingerprint density at radius 2 is 2.06 bits per heavy atom. The van der Waals surface area contributed by atoms with Crippen LogP contribution in [0.15, 0.2) is 18.2 Å². The van der Waals surface area contributed by atoms with Gasteiger partial charge in [0.2, 0.25) is 0 Å². The van der Waals surface area contributed by atoms with Crippen LogP contribution in [-0.4, -0.2) is 23.3 Å². The topological polar surface area (TPSA) is 61.4 Å². The molecular weight excluding hydrogens is 275 g/mol. The molecule has 1 aliphatic rings. The molecule has 6 heteroatoms. The molecule has 1 aliphatic carbocycles. The molecule has 18 heavy (non-hydrogen) atoms. The maximum atomic E-state index is 11.7. The predicted molar refractivity (Wildman–Crippen MR) is 72.3 cm³/mol. The van der Waals surface area contributed by atoms with Crippen LogP contribution in [-0.2, 0) is 0 Å². The SMILES string of the molecule is O=C(Nc1ccc(Cl)c(Cl)c1)NC1CCCC1O. The van der Waals surface area contributed by atoms with E-state index in [9.17, 15) is 9.90 Å². The van der Waals surface area contributed by atoms with E-state index in [1.54, 1.807) is 18.2 Å². The molecule has 0 saturated heterocycles. The molecule has 1 fully saturated rings. The fourth-order valence-corrected chi connectivity index (χ4v) is 2.32. The summed E-state index contributed by atoms with van der Waals surface area (Å²) >= 11 is 11.6. The van der Waals surface area contributed by atoms with E-state index in [1.807, 2.05) is 0 Å². The minimum atomic E-state index is -0.454. The van der Waals surface area contributed by atoms with Crippen LogP contribution in [0.1, 0.15) is 19.3 Å². The van der Waals surface area contributed by atoms with Crippen molar-refractivity contribution in [2.75, 3.05) is 5.32 Å². The molecule has 0 aromatic heterocycles. The lowest BCUT2D eigenvalue weighted by molar-refractivity contribution is 0.151. The van der Waals surface area contributed by atoms with Gasteiger partial charge in [-0.2, -0.15) is 0 Å². The van der Waals surface area contributed by atoms with Crippen LogP contribution in [0.2, 0.25) is 10.0 Å². The molecule has 0 aliphatic heterocycles. The average molecular weight is 289 g/mol. The number of urea groups is 1. The minimum absolute atomic E-state index is 0.173. The molecule has 0 radical (unpaired) electrons. The summed E-state index contributed by atoms with van der Waals surface area (Å²) in [6.45, 7) is 0. The van der Waals surface area contributed by atoms with Crippen molar-refractivity contribution in [1.29, 1.82) is 0 Å². The number of amides is 2. The molecule has 98 valence electrons. The van der Waals surface area contributed by atoms with Crippen LogP contribution >= 0.6 is 23.2 Å².